The average molecular weight is 342 g/mol. The molecule has 5 N–H and O–H groups in total. The van der Waals surface area contributed by atoms with Crippen molar-refractivity contribution in [3.8, 4) is 0 Å². The van der Waals surface area contributed by atoms with Crippen molar-refractivity contribution in [3.63, 3.8) is 0 Å². The molecule has 1 saturated heterocycles. The van der Waals surface area contributed by atoms with Crippen molar-refractivity contribution >= 4 is 23.7 Å². The van der Waals surface area contributed by atoms with Gasteiger partial charge in [-0.2, -0.15) is 0 Å². The summed E-state index contributed by atoms with van der Waals surface area (Å²) in [5.41, 5.74) is 5.32. The number of amides is 3. The molecule has 0 aromatic carbocycles. The minimum atomic E-state index is -1.11. The molecule has 136 valence electrons. The fourth-order valence-corrected chi connectivity index (χ4v) is 2.68. The molecule has 0 radical (unpaired) electrons. The van der Waals surface area contributed by atoms with Crippen molar-refractivity contribution in [3.05, 3.63) is 0 Å². The first kappa shape index (κ1) is 19.9. The largest absolute Gasteiger partial charge is 0.480 e. The average Bonchev–Trinajstić information content (AvgIpc) is 3.00. The standard InChI is InChI=1S/C15H26N4O5/c1-9(2)6-10(15(23)24)18-12(20)8-17-14(22)11-4-3-5-19(11)13(21)7-16/h9-11H,3-8,16H2,1-2H3,(H,17,22)(H,18,20)(H,23,24). The van der Waals surface area contributed by atoms with E-state index in [1.165, 1.54) is 4.90 Å². The normalized spacial score (nSPS) is 18.3. The van der Waals surface area contributed by atoms with E-state index in [-0.39, 0.29) is 24.9 Å². The number of carbonyl (C=O) groups is 4. The summed E-state index contributed by atoms with van der Waals surface area (Å²) < 4.78 is 0. The van der Waals surface area contributed by atoms with Crippen molar-refractivity contribution in [2.75, 3.05) is 19.6 Å². The Morgan fingerprint density at radius 3 is 2.50 bits per heavy atom. The Kier molecular flexibility index (Phi) is 7.63. The number of nitrogens with two attached hydrogens (primary N) is 1. The molecule has 2 atom stereocenters. The Balaban J connectivity index is 2.49. The molecule has 0 saturated carbocycles. The Morgan fingerprint density at radius 1 is 1.29 bits per heavy atom. The van der Waals surface area contributed by atoms with E-state index in [1.54, 1.807) is 0 Å². The van der Waals surface area contributed by atoms with Crippen molar-refractivity contribution in [2.24, 2.45) is 11.7 Å². The van der Waals surface area contributed by atoms with Gasteiger partial charge in [0, 0.05) is 6.54 Å². The molecule has 9 heteroatoms. The molecule has 1 fully saturated rings. The minimum absolute atomic E-state index is 0.107. The zero-order valence-corrected chi connectivity index (χ0v) is 14.1. The van der Waals surface area contributed by atoms with E-state index in [0.717, 1.165) is 0 Å². The fraction of sp³-hybridized carbons (Fsp3) is 0.733. The number of nitrogens with one attached hydrogen (secondary N) is 2. The molecule has 1 rings (SSSR count). The van der Waals surface area contributed by atoms with Gasteiger partial charge in [0.15, 0.2) is 0 Å². The lowest BCUT2D eigenvalue weighted by Gasteiger charge is -2.23. The molecular weight excluding hydrogens is 316 g/mol. The van der Waals surface area contributed by atoms with Gasteiger partial charge in [0.2, 0.25) is 17.7 Å². The lowest BCUT2D eigenvalue weighted by molar-refractivity contribution is -0.142. The maximum atomic E-state index is 12.1. The predicted octanol–water partition coefficient (Wildman–Crippen LogP) is -1.33. The van der Waals surface area contributed by atoms with Gasteiger partial charge in [-0.05, 0) is 25.2 Å². The Morgan fingerprint density at radius 2 is 1.96 bits per heavy atom. The second-order valence-corrected chi connectivity index (χ2v) is 6.25. The van der Waals surface area contributed by atoms with Crippen LogP contribution in [0, 0.1) is 5.92 Å². The molecule has 1 aliphatic heterocycles. The van der Waals surface area contributed by atoms with Crippen LogP contribution in [0.25, 0.3) is 0 Å². The third-order valence-electron chi connectivity index (χ3n) is 3.81. The molecule has 9 nitrogen and oxygen atoms in total. The summed E-state index contributed by atoms with van der Waals surface area (Å²) in [6.45, 7) is 3.68. The first-order valence-corrected chi connectivity index (χ1v) is 8.05. The van der Waals surface area contributed by atoms with Gasteiger partial charge in [-0.1, -0.05) is 13.8 Å². The zero-order chi connectivity index (χ0) is 18.3. The smallest absolute Gasteiger partial charge is 0.326 e. The van der Waals surface area contributed by atoms with Gasteiger partial charge in [-0.15, -0.1) is 0 Å². The molecule has 2 unspecified atom stereocenters. The summed E-state index contributed by atoms with van der Waals surface area (Å²) in [6.07, 6.45) is 1.52. The summed E-state index contributed by atoms with van der Waals surface area (Å²) in [5, 5.41) is 13.9. The number of carboxylic acid groups (broad SMARTS) is 1. The molecule has 0 bridgehead atoms. The first-order valence-electron chi connectivity index (χ1n) is 8.05. The Hall–Kier alpha value is -2.16. The Bertz CT molecular complexity index is 494. The van der Waals surface area contributed by atoms with Crippen molar-refractivity contribution in [2.45, 2.75) is 45.2 Å². The van der Waals surface area contributed by atoms with Crippen molar-refractivity contribution < 1.29 is 24.3 Å². The van der Waals surface area contributed by atoms with Gasteiger partial charge in [0.1, 0.15) is 12.1 Å². The van der Waals surface area contributed by atoms with Crippen LogP contribution in [0.4, 0.5) is 0 Å². The Labute approximate surface area is 140 Å². The van der Waals surface area contributed by atoms with Gasteiger partial charge in [0.05, 0.1) is 13.1 Å². The molecule has 3 amide bonds. The number of carbonyl (C=O) groups excluding carboxylic acids is 3. The molecule has 0 aromatic rings. The highest BCUT2D eigenvalue weighted by Gasteiger charge is 2.33. The van der Waals surface area contributed by atoms with E-state index in [1.807, 2.05) is 13.8 Å². The lowest BCUT2D eigenvalue weighted by Crippen LogP contribution is -2.51. The van der Waals surface area contributed by atoms with Crippen LogP contribution in [-0.2, 0) is 19.2 Å². The molecule has 1 heterocycles. The van der Waals surface area contributed by atoms with E-state index in [9.17, 15) is 19.2 Å². The maximum Gasteiger partial charge on any atom is 0.326 e. The fourth-order valence-electron chi connectivity index (χ4n) is 2.68. The van der Waals surface area contributed by atoms with Crippen LogP contribution >= 0.6 is 0 Å². The quantitative estimate of drug-likeness (QED) is 0.430. The summed E-state index contributed by atoms with van der Waals surface area (Å²) >= 11 is 0. The topological polar surface area (TPSA) is 142 Å². The van der Waals surface area contributed by atoms with Gasteiger partial charge in [-0.25, -0.2) is 4.79 Å². The number of hydrogen-bond acceptors (Lipinski definition) is 5. The third kappa shape index (κ3) is 5.80. The number of rotatable bonds is 8. The van der Waals surface area contributed by atoms with Gasteiger partial charge >= 0.3 is 5.97 Å². The molecule has 24 heavy (non-hydrogen) atoms. The van der Waals surface area contributed by atoms with E-state index in [4.69, 9.17) is 10.8 Å². The number of nitrogens with zero attached hydrogens (tertiary/aromatic N) is 1. The van der Waals surface area contributed by atoms with Crippen LogP contribution in [0.1, 0.15) is 33.1 Å². The van der Waals surface area contributed by atoms with Gasteiger partial charge in [-0.3, -0.25) is 14.4 Å². The van der Waals surface area contributed by atoms with Crippen molar-refractivity contribution in [1.82, 2.24) is 15.5 Å². The summed E-state index contributed by atoms with van der Waals surface area (Å²) in [5.74, 6) is -2.32. The second-order valence-electron chi connectivity index (χ2n) is 6.25. The monoisotopic (exact) mass is 342 g/mol. The SMILES string of the molecule is CC(C)CC(NC(=O)CNC(=O)C1CCCN1C(=O)CN)C(=O)O. The molecular formula is C15H26N4O5. The van der Waals surface area contributed by atoms with E-state index in [2.05, 4.69) is 10.6 Å². The molecule has 1 aliphatic rings. The van der Waals surface area contributed by atoms with Crippen LogP contribution in [0.15, 0.2) is 0 Å². The predicted molar refractivity (Wildman–Crippen MR) is 85.8 cm³/mol. The highest BCUT2D eigenvalue weighted by Crippen LogP contribution is 2.17. The maximum absolute atomic E-state index is 12.1. The number of aliphatic carboxylic acids is 1. The van der Waals surface area contributed by atoms with Crippen LogP contribution < -0.4 is 16.4 Å². The lowest BCUT2D eigenvalue weighted by atomic mass is 10.0. The highest BCUT2D eigenvalue weighted by atomic mass is 16.4. The van der Waals surface area contributed by atoms with E-state index in [0.29, 0.717) is 25.8 Å². The summed E-state index contributed by atoms with van der Waals surface area (Å²) in [7, 11) is 0. The minimum Gasteiger partial charge on any atom is -0.480 e. The molecule has 0 aliphatic carbocycles. The number of likely N-dealkylation sites (tertiary alicyclic amines) is 1. The second kappa shape index (κ2) is 9.21. The van der Waals surface area contributed by atoms with Crippen LogP contribution in [-0.4, -0.2) is 65.4 Å². The van der Waals surface area contributed by atoms with Crippen molar-refractivity contribution in [1.29, 1.82) is 0 Å². The third-order valence-corrected chi connectivity index (χ3v) is 3.81. The van der Waals surface area contributed by atoms with Crippen LogP contribution in [0.2, 0.25) is 0 Å². The number of carboxylic acids is 1. The summed E-state index contributed by atoms with van der Waals surface area (Å²) in [6, 6.07) is -1.61. The molecule has 0 spiro atoms. The van der Waals surface area contributed by atoms with Crippen LogP contribution in [0.5, 0.6) is 0 Å². The number of hydrogen-bond donors (Lipinski definition) is 4. The zero-order valence-electron chi connectivity index (χ0n) is 14.1. The summed E-state index contributed by atoms with van der Waals surface area (Å²) in [4.78, 5) is 48.2. The highest BCUT2D eigenvalue weighted by molar-refractivity contribution is 5.92. The molecule has 0 aromatic heterocycles. The van der Waals surface area contributed by atoms with Gasteiger partial charge in [0.25, 0.3) is 0 Å². The van der Waals surface area contributed by atoms with E-state index >= 15 is 0 Å². The van der Waals surface area contributed by atoms with Gasteiger partial charge < -0.3 is 26.4 Å². The van der Waals surface area contributed by atoms with E-state index < -0.39 is 29.9 Å². The van der Waals surface area contributed by atoms with Crippen LogP contribution in [0.3, 0.4) is 0 Å². The first-order chi connectivity index (χ1) is 11.3.